The third-order valence-electron chi connectivity index (χ3n) is 3.83. The number of aromatic nitrogens is 3. The number of carboxylic acids is 1. The van der Waals surface area contributed by atoms with Gasteiger partial charge in [-0.1, -0.05) is 54.6 Å². The van der Waals surface area contributed by atoms with Crippen LogP contribution in [0.4, 0.5) is 0 Å². The lowest BCUT2D eigenvalue weighted by molar-refractivity contribution is 0.0691. The molecule has 4 rings (SSSR count). The standard InChI is InChI=1S/C19H13N3O2/c23-18(24)17-12-22-11-10-16(20-19(22)21-17)15-8-6-14(7-9-15)13-4-2-1-3-5-13/h1-12H,(H,23,24). The van der Waals surface area contributed by atoms with E-state index in [0.717, 1.165) is 22.4 Å². The van der Waals surface area contributed by atoms with Crippen LogP contribution < -0.4 is 0 Å². The number of imidazole rings is 1. The van der Waals surface area contributed by atoms with Crippen LogP contribution in [0.25, 0.3) is 28.2 Å². The van der Waals surface area contributed by atoms with Crippen molar-refractivity contribution in [2.24, 2.45) is 0 Å². The first-order valence-electron chi connectivity index (χ1n) is 7.45. The lowest BCUT2D eigenvalue weighted by Crippen LogP contribution is -1.95. The molecule has 0 fully saturated rings. The molecule has 5 nitrogen and oxygen atoms in total. The molecule has 0 saturated carbocycles. The number of hydrogen-bond donors (Lipinski definition) is 1. The summed E-state index contributed by atoms with van der Waals surface area (Å²) in [6.07, 6.45) is 3.22. The van der Waals surface area contributed by atoms with Crippen molar-refractivity contribution in [2.75, 3.05) is 0 Å². The van der Waals surface area contributed by atoms with Crippen LogP contribution in [0.2, 0.25) is 0 Å². The minimum atomic E-state index is -1.06. The molecule has 0 spiro atoms. The van der Waals surface area contributed by atoms with Crippen LogP contribution in [-0.2, 0) is 0 Å². The Balaban J connectivity index is 1.70. The number of carboxylic acid groups (broad SMARTS) is 1. The van der Waals surface area contributed by atoms with Gasteiger partial charge in [0.05, 0.1) is 5.69 Å². The third kappa shape index (κ3) is 2.52. The highest BCUT2D eigenvalue weighted by Crippen LogP contribution is 2.24. The Morgan fingerprint density at radius 3 is 2.21 bits per heavy atom. The van der Waals surface area contributed by atoms with Crippen LogP contribution in [0.15, 0.2) is 73.1 Å². The highest BCUT2D eigenvalue weighted by atomic mass is 16.4. The monoisotopic (exact) mass is 315 g/mol. The molecule has 4 aromatic rings. The molecular weight excluding hydrogens is 302 g/mol. The Hall–Kier alpha value is -3.47. The van der Waals surface area contributed by atoms with Gasteiger partial charge in [0.2, 0.25) is 5.78 Å². The van der Waals surface area contributed by atoms with Gasteiger partial charge < -0.3 is 5.11 Å². The second-order valence-electron chi connectivity index (χ2n) is 5.39. The topological polar surface area (TPSA) is 67.5 Å². The van der Waals surface area contributed by atoms with Gasteiger partial charge >= 0.3 is 5.97 Å². The quantitative estimate of drug-likeness (QED) is 0.625. The van der Waals surface area contributed by atoms with Crippen molar-refractivity contribution in [1.29, 1.82) is 0 Å². The van der Waals surface area contributed by atoms with Crippen molar-refractivity contribution in [3.63, 3.8) is 0 Å². The lowest BCUT2D eigenvalue weighted by Gasteiger charge is -2.04. The average Bonchev–Trinajstić information content (AvgIpc) is 3.06. The zero-order chi connectivity index (χ0) is 16.5. The Bertz CT molecular complexity index is 1020. The molecule has 2 aromatic heterocycles. The van der Waals surface area contributed by atoms with Crippen molar-refractivity contribution in [3.8, 4) is 22.4 Å². The van der Waals surface area contributed by atoms with Gasteiger partial charge in [0.25, 0.3) is 0 Å². The molecule has 24 heavy (non-hydrogen) atoms. The highest BCUT2D eigenvalue weighted by Gasteiger charge is 2.10. The maximum Gasteiger partial charge on any atom is 0.356 e. The molecule has 116 valence electrons. The van der Waals surface area contributed by atoms with Gasteiger partial charge in [0.15, 0.2) is 5.69 Å². The number of fused-ring (bicyclic) bond motifs is 1. The zero-order valence-corrected chi connectivity index (χ0v) is 12.6. The van der Waals surface area contributed by atoms with E-state index in [1.54, 1.807) is 10.6 Å². The van der Waals surface area contributed by atoms with E-state index in [9.17, 15) is 4.79 Å². The van der Waals surface area contributed by atoms with Gasteiger partial charge in [-0.25, -0.2) is 14.8 Å². The summed E-state index contributed by atoms with van der Waals surface area (Å²) in [5.41, 5.74) is 3.99. The van der Waals surface area contributed by atoms with Crippen LogP contribution in [0.5, 0.6) is 0 Å². The molecule has 0 atom stereocenters. The van der Waals surface area contributed by atoms with Crippen LogP contribution in [0.3, 0.4) is 0 Å². The van der Waals surface area contributed by atoms with Crippen molar-refractivity contribution in [2.45, 2.75) is 0 Å². The number of hydrogen-bond acceptors (Lipinski definition) is 3. The SMILES string of the molecule is O=C(O)c1cn2ccc(-c3ccc(-c4ccccc4)cc3)nc2n1. The second kappa shape index (κ2) is 5.62. The second-order valence-corrected chi connectivity index (χ2v) is 5.39. The first-order chi connectivity index (χ1) is 11.7. The van der Waals surface area contributed by atoms with Gasteiger partial charge in [-0.2, -0.15) is 0 Å². The molecule has 0 aliphatic heterocycles. The van der Waals surface area contributed by atoms with E-state index in [1.807, 2.05) is 48.5 Å². The largest absolute Gasteiger partial charge is 0.476 e. The van der Waals surface area contributed by atoms with Crippen LogP contribution in [0, 0.1) is 0 Å². The van der Waals surface area contributed by atoms with E-state index in [4.69, 9.17) is 5.11 Å². The molecule has 0 aliphatic rings. The Morgan fingerprint density at radius 1 is 0.833 bits per heavy atom. The van der Waals surface area contributed by atoms with Crippen molar-refractivity contribution < 1.29 is 9.90 Å². The maximum absolute atomic E-state index is 11.0. The summed E-state index contributed by atoms with van der Waals surface area (Å²) in [5.74, 6) is -0.689. The fraction of sp³-hybridized carbons (Fsp3) is 0. The van der Waals surface area contributed by atoms with Crippen LogP contribution in [-0.4, -0.2) is 25.4 Å². The summed E-state index contributed by atoms with van der Waals surface area (Å²) in [6.45, 7) is 0. The number of aromatic carboxylic acids is 1. The van der Waals surface area contributed by atoms with Gasteiger partial charge in [-0.15, -0.1) is 0 Å². The smallest absolute Gasteiger partial charge is 0.356 e. The van der Waals surface area contributed by atoms with E-state index in [2.05, 4.69) is 22.1 Å². The molecule has 5 heteroatoms. The van der Waals surface area contributed by atoms with Gasteiger partial charge in [-0.05, 0) is 17.2 Å². The number of rotatable bonds is 3. The molecular formula is C19H13N3O2. The van der Waals surface area contributed by atoms with Crippen LogP contribution >= 0.6 is 0 Å². The Kier molecular flexibility index (Phi) is 3.31. The fourth-order valence-corrected chi connectivity index (χ4v) is 2.60. The zero-order valence-electron chi connectivity index (χ0n) is 12.6. The van der Waals surface area contributed by atoms with Crippen molar-refractivity contribution >= 4 is 11.7 Å². The van der Waals surface area contributed by atoms with E-state index in [1.165, 1.54) is 6.20 Å². The molecule has 0 unspecified atom stereocenters. The predicted molar refractivity (Wildman–Crippen MR) is 90.8 cm³/mol. The fourth-order valence-electron chi connectivity index (χ4n) is 2.60. The minimum absolute atomic E-state index is 0.0147. The molecule has 0 amide bonds. The molecule has 0 bridgehead atoms. The first kappa shape index (κ1) is 14.1. The summed E-state index contributed by atoms with van der Waals surface area (Å²) in [6, 6.07) is 20.1. The third-order valence-corrected chi connectivity index (χ3v) is 3.83. The Labute approximate surface area is 137 Å². The van der Waals surface area contributed by atoms with E-state index in [-0.39, 0.29) is 5.69 Å². The Morgan fingerprint density at radius 2 is 1.50 bits per heavy atom. The van der Waals surface area contributed by atoms with E-state index < -0.39 is 5.97 Å². The average molecular weight is 315 g/mol. The summed E-state index contributed by atoms with van der Waals surface area (Å²) < 4.78 is 1.60. The predicted octanol–water partition coefficient (Wildman–Crippen LogP) is 3.76. The molecule has 0 saturated heterocycles. The van der Waals surface area contributed by atoms with Gasteiger partial charge in [0.1, 0.15) is 0 Å². The van der Waals surface area contributed by atoms with Crippen molar-refractivity contribution in [1.82, 2.24) is 14.4 Å². The normalized spacial score (nSPS) is 10.8. The maximum atomic E-state index is 11.0. The number of carbonyl (C=O) groups is 1. The number of nitrogens with zero attached hydrogens (tertiary/aromatic N) is 3. The lowest BCUT2D eigenvalue weighted by atomic mass is 10.0. The first-order valence-corrected chi connectivity index (χ1v) is 7.45. The van der Waals surface area contributed by atoms with Gasteiger partial charge in [0, 0.05) is 18.0 Å². The van der Waals surface area contributed by atoms with E-state index in [0.29, 0.717) is 5.78 Å². The summed E-state index contributed by atoms with van der Waals surface area (Å²) in [7, 11) is 0. The molecule has 2 aromatic carbocycles. The van der Waals surface area contributed by atoms with E-state index >= 15 is 0 Å². The molecule has 2 heterocycles. The van der Waals surface area contributed by atoms with Gasteiger partial charge in [-0.3, -0.25) is 4.40 Å². The molecule has 1 N–H and O–H groups in total. The number of benzene rings is 2. The van der Waals surface area contributed by atoms with Crippen molar-refractivity contribution in [3.05, 3.63) is 78.8 Å². The molecule has 0 radical (unpaired) electrons. The highest BCUT2D eigenvalue weighted by molar-refractivity contribution is 5.86. The summed E-state index contributed by atoms with van der Waals surface area (Å²) >= 11 is 0. The summed E-state index contributed by atoms with van der Waals surface area (Å²) in [4.78, 5) is 19.4. The van der Waals surface area contributed by atoms with Crippen LogP contribution in [0.1, 0.15) is 10.5 Å². The molecule has 0 aliphatic carbocycles. The minimum Gasteiger partial charge on any atom is -0.476 e. The summed E-state index contributed by atoms with van der Waals surface area (Å²) in [5, 5.41) is 9.01.